The molecule has 4 rings (SSSR count). The van der Waals surface area contributed by atoms with Gasteiger partial charge in [-0.05, 0) is 55.8 Å². The first-order valence-electron chi connectivity index (χ1n) is 9.18. The second-order valence-corrected chi connectivity index (χ2v) is 8.57. The average molecular weight is 462 g/mol. The number of phenolic OH excluding ortho intramolecular Hbond substituents is 1. The fourth-order valence-corrected chi connectivity index (χ4v) is 4.98. The van der Waals surface area contributed by atoms with Gasteiger partial charge < -0.3 is 9.63 Å². The molecule has 26 heavy (non-hydrogen) atoms. The topological polar surface area (TPSA) is 49.5 Å². The minimum atomic E-state index is 0.221. The van der Waals surface area contributed by atoms with Crippen molar-refractivity contribution < 1.29 is 9.63 Å². The maximum Gasteiger partial charge on any atom is 0.170 e. The first-order chi connectivity index (χ1) is 12.7. The fraction of sp³-hybridized carbons (Fsp3) is 0.381. The van der Waals surface area contributed by atoms with Crippen molar-refractivity contribution in [3.05, 3.63) is 59.8 Å². The molecule has 2 aromatic carbocycles. The Morgan fingerprint density at radius 1 is 1.19 bits per heavy atom. The first-order valence-corrected chi connectivity index (χ1v) is 10.4. The number of benzene rings is 2. The zero-order valence-corrected chi connectivity index (χ0v) is 16.8. The number of nitrogens with zero attached hydrogens (tertiary/aromatic N) is 2. The lowest BCUT2D eigenvalue weighted by Crippen LogP contribution is -2.38. The summed E-state index contributed by atoms with van der Waals surface area (Å²) in [5.74, 6) is 0.950. The lowest BCUT2D eigenvalue weighted by molar-refractivity contribution is 0.161. The molecule has 1 saturated heterocycles. The van der Waals surface area contributed by atoms with E-state index < -0.39 is 0 Å². The molecule has 2 heterocycles. The maximum absolute atomic E-state index is 9.54. The summed E-state index contributed by atoms with van der Waals surface area (Å²) in [6, 6.07) is 16.0. The van der Waals surface area contributed by atoms with Gasteiger partial charge in [0.15, 0.2) is 5.58 Å². The van der Waals surface area contributed by atoms with E-state index in [1.807, 2.05) is 6.07 Å². The summed E-state index contributed by atoms with van der Waals surface area (Å²) in [5.41, 5.74) is 3.08. The molecule has 2 atom stereocenters. The largest absolute Gasteiger partial charge is 0.508 e. The Kier molecular flexibility index (Phi) is 5.45. The number of aryl methyl sites for hydroxylation is 1. The van der Waals surface area contributed by atoms with Crippen molar-refractivity contribution in [3.8, 4) is 5.75 Å². The summed E-state index contributed by atoms with van der Waals surface area (Å²) in [5, 5.41) is 14.8. The normalized spacial score (nSPS) is 21.3. The van der Waals surface area contributed by atoms with E-state index in [1.165, 1.54) is 18.4 Å². The Labute approximate surface area is 167 Å². The lowest BCUT2D eigenvalue weighted by Gasteiger charge is -2.36. The van der Waals surface area contributed by atoms with Gasteiger partial charge in [0.25, 0.3) is 0 Å². The highest BCUT2D eigenvalue weighted by atomic mass is 127. The second kappa shape index (κ2) is 7.96. The predicted octanol–water partition coefficient (Wildman–Crippen LogP) is 5.14. The molecule has 5 heteroatoms. The van der Waals surface area contributed by atoms with E-state index in [1.54, 1.807) is 12.1 Å². The molecule has 1 aliphatic heterocycles. The third kappa shape index (κ3) is 4.04. The number of piperidine rings is 1. The van der Waals surface area contributed by atoms with Crippen LogP contribution in [0.15, 0.2) is 53.1 Å². The van der Waals surface area contributed by atoms with Crippen LogP contribution in [0.1, 0.15) is 30.5 Å². The van der Waals surface area contributed by atoms with Crippen LogP contribution in [0.4, 0.5) is 0 Å². The standard InChI is InChI=1S/C21H23IN2O2/c22-21-12-15(10-11-24(21)14-16-4-2-1-3-5-16)6-9-19-18-8-7-17(25)13-20(18)26-23-19/h1-5,7-8,13,15,21,25H,6,9-12,14H2. The van der Waals surface area contributed by atoms with Crippen LogP contribution in [0.5, 0.6) is 5.75 Å². The summed E-state index contributed by atoms with van der Waals surface area (Å²) >= 11 is 2.60. The number of aromatic nitrogens is 1. The molecule has 0 saturated carbocycles. The molecule has 0 amide bonds. The third-order valence-electron chi connectivity index (χ3n) is 5.30. The second-order valence-electron chi connectivity index (χ2n) is 7.13. The van der Waals surface area contributed by atoms with Crippen molar-refractivity contribution in [1.82, 2.24) is 10.1 Å². The van der Waals surface area contributed by atoms with Gasteiger partial charge in [0.1, 0.15) is 5.75 Å². The fourth-order valence-electron chi connectivity index (χ4n) is 3.79. The van der Waals surface area contributed by atoms with Crippen LogP contribution >= 0.6 is 22.6 Å². The molecule has 1 aliphatic rings. The smallest absolute Gasteiger partial charge is 0.170 e. The molecule has 0 spiro atoms. The van der Waals surface area contributed by atoms with Crippen molar-refractivity contribution in [2.45, 2.75) is 36.3 Å². The number of hydrogen-bond donors (Lipinski definition) is 1. The van der Waals surface area contributed by atoms with Crippen LogP contribution in [0.3, 0.4) is 0 Å². The maximum atomic E-state index is 9.54. The van der Waals surface area contributed by atoms with Gasteiger partial charge in [-0.2, -0.15) is 0 Å². The van der Waals surface area contributed by atoms with Gasteiger partial charge in [-0.3, -0.25) is 4.90 Å². The molecule has 1 fully saturated rings. The minimum Gasteiger partial charge on any atom is -0.508 e. The molecule has 0 bridgehead atoms. The average Bonchev–Trinajstić information content (AvgIpc) is 3.05. The molecule has 1 aromatic heterocycles. The highest BCUT2D eigenvalue weighted by Crippen LogP contribution is 2.32. The zero-order valence-electron chi connectivity index (χ0n) is 14.6. The number of likely N-dealkylation sites (tertiary alicyclic amines) is 1. The van der Waals surface area contributed by atoms with Crippen LogP contribution in [-0.4, -0.2) is 25.8 Å². The monoisotopic (exact) mass is 462 g/mol. The van der Waals surface area contributed by atoms with Crippen molar-refractivity contribution in [1.29, 1.82) is 0 Å². The zero-order chi connectivity index (χ0) is 17.9. The molecule has 0 aliphatic carbocycles. The number of rotatable bonds is 5. The molecular weight excluding hydrogens is 439 g/mol. The lowest BCUT2D eigenvalue weighted by atomic mass is 9.91. The number of hydrogen-bond acceptors (Lipinski definition) is 4. The van der Waals surface area contributed by atoms with Crippen molar-refractivity contribution >= 4 is 33.6 Å². The van der Waals surface area contributed by atoms with Crippen LogP contribution < -0.4 is 0 Å². The van der Waals surface area contributed by atoms with Gasteiger partial charge in [-0.1, -0.05) is 58.1 Å². The van der Waals surface area contributed by atoms with Crippen LogP contribution in [0.25, 0.3) is 11.0 Å². The summed E-state index contributed by atoms with van der Waals surface area (Å²) in [6.45, 7) is 2.19. The van der Waals surface area contributed by atoms with E-state index in [2.05, 4.69) is 63.0 Å². The summed E-state index contributed by atoms with van der Waals surface area (Å²) in [4.78, 5) is 2.58. The summed E-state index contributed by atoms with van der Waals surface area (Å²) < 4.78 is 5.94. The van der Waals surface area contributed by atoms with Crippen molar-refractivity contribution in [2.24, 2.45) is 5.92 Å². The van der Waals surface area contributed by atoms with Gasteiger partial charge in [-0.15, -0.1) is 0 Å². The van der Waals surface area contributed by atoms with E-state index in [-0.39, 0.29) is 5.75 Å². The molecule has 136 valence electrons. The van der Waals surface area contributed by atoms with Gasteiger partial charge >= 0.3 is 0 Å². The van der Waals surface area contributed by atoms with Crippen molar-refractivity contribution in [2.75, 3.05) is 6.54 Å². The molecule has 2 unspecified atom stereocenters. The highest BCUT2D eigenvalue weighted by Gasteiger charge is 2.26. The Bertz CT molecular complexity index is 865. The summed E-state index contributed by atoms with van der Waals surface area (Å²) in [6.07, 6.45) is 4.54. The minimum absolute atomic E-state index is 0.221. The number of phenols is 1. The highest BCUT2D eigenvalue weighted by molar-refractivity contribution is 14.1. The van der Waals surface area contributed by atoms with Gasteiger partial charge in [0, 0.05) is 18.0 Å². The predicted molar refractivity (Wildman–Crippen MR) is 111 cm³/mol. The van der Waals surface area contributed by atoms with Gasteiger partial charge in [0.2, 0.25) is 0 Å². The van der Waals surface area contributed by atoms with Crippen LogP contribution in [-0.2, 0) is 13.0 Å². The Morgan fingerprint density at radius 2 is 2.04 bits per heavy atom. The molecule has 0 radical (unpaired) electrons. The van der Waals surface area contributed by atoms with Crippen molar-refractivity contribution in [3.63, 3.8) is 0 Å². The van der Waals surface area contributed by atoms with E-state index in [0.717, 1.165) is 42.9 Å². The number of fused-ring (bicyclic) bond motifs is 1. The first kappa shape index (κ1) is 17.8. The van der Waals surface area contributed by atoms with E-state index in [9.17, 15) is 5.11 Å². The Hall–Kier alpha value is -1.60. The SMILES string of the molecule is Oc1ccc2c(CCC3CCN(Cc4ccccc4)C(I)C3)noc2c1. The van der Waals surface area contributed by atoms with Gasteiger partial charge in [0.05, 0.1) is 9.74 Å². The number of halogens is 1. The summed E-state index contributed by atoms with van der Waals surface area (Å²) in [7, 11) is 0. The number of aromatic hydroxyl groups is 1. The Balaban J connectivity index is 1.33. The molecule has 3 aromatic rings. The van der Waals surface area contributed by atoms with Crippen LogP contribution in [0.2, 0.25) is 0 Å². The molecular formula is C21H23IN2O2. The van der Waals surface area contributed by atoms with E-state index in [0.29, 0.717) is 9.63 Å². The molecule has 4 nitrogen and oxygen atoms in total. The Morgan fingerprint density at radius 3 is 2.85 bits per heavy atom. The van der Waals surface area contributed by atoms with Gasteiger partial charge in [-0.25, -0.2) is 0 Å². The van der Waals surface area contributed by atoms with E-state index >= 15 is 0 Å². The number of alkyl halides is 1. The third-order valence-corrected chi connectivity index (χ3v) is 6.59. The van der Waals surface area contributed by atoms with E-state index in [4.69, 9.17) is 4.52 Å². The van der Waals surface area contributed by atoms with Crippen LogP contribution in [0, 0.1) is 5.92 Å². The quantitative estimate of drug-likeness (QED) is 0.324. The molecule has 1 N–H and O–H groups in total.